The van der Waals surface area contributed by atoms with Gasteiger partial charge in [-0.05, 0) is 24.1 Å². The highest BCUT2D eigenvalue weighted by Gasteiger charge is 2.20. The Morgan fingerprint density at radius 2 is 2.06 bits per heavy atom. The number of hydrogen-bond acceptors (Lipinski definition) is 3. The molecule has 0 aliphatic carbocycles. The molecule has 6 heteroatoms. The molecule has 0 fully saturated rings. The lowest BCUT2D eigenvalue weighted by Crippen LogP contribution is -2.11. The lowest BCUT2D eigenvalue weighted by atomic mass is 9.96. The fourth-order valence-electron chi connectivity index (χ4n) is 1.65. The van der Waals surface area contributed by atoms with Crippen LogP contribution in [0.3, 0.4) is 0 Å². The van der Waals surface area contributed by atoms with E-state index in [1.54, 1.807) is 6.92 Å². The number of halogens is 2. The maximum Gasteiger partial charge on any atom is 0.387 e. The second kappa shape index (κ2) is 6.18. The number of benzene rings is 1. The van der Waals surface area contributed by atoms with E-state index < -0.39 is 18.5 Å². The SMILES string of the molecule is CCC(C(=O)O)c1ccc(OC)c(OC(F)F)c1. The van der Waals surface area contributed by atoms with Crippen LogP contribution in [0.25, 0.3) is 0 Å². The van der Waals surface area contributed by atoms with Crippen molar-refractivity contribution in [1.82, 2.24) is 0 Å². The highest BCUT2D eigenvalue weighted by atomic mass is 19.3. The summed E-state index contributed by atoms with van der Waals surface area (Å²) in [6, 6.07) is 4.21. The first kappa shape index (κ1) is 14.2. The van der Waals surface area contributed by atoms with Gasteiger partial charge >= 0.3 is 12.6 Å². The van der Waals surface area contributed by atoms with Gasteiger partial charge in [0.05, 0.1) is 13.0 Å². The van der Waals surface area contributed by atoms with Crippen LogP contribution in [-0.2, 0) is 4.79 Å². The third-order valence-electron chi connectivity index (χ3n) is 2.51. The second-order valence-electron chi connectivity index (χ2n) is 3.59. The first-order chi connectivity index (χ1) is 8.49. The zero-order valence-corrected chi connectivity index (χ0v) is 10.0. The van der Waals surface area contributed by atoms with Crippen molar-refractivity contribution < 1.29 is 28.2 Å². The fraction of sp³-hybridized carbons (Fsp3) is 0.417. The standard InChI is InChI=1S/C12H14F2O4/c1-3-8(11(15)16)7-4-5-9(17-2)10(6-7)18-12(13)14/h4-6,8,12H,3H2,1-2H3,(H,15,16). The van der Waals surface area contributed by atoms with E-state index in [2.05, 4.69) is 4.74 Å². The number of rotatable bonds is 6. The molecular weight excluding hydrogens is 246 g/mol. The number of alkyl halides is 2. The Bertz CT molecular complexity index is 421. The third-order valence-corrected chi connectivity index (χ3v) is 2.51. The molecule has 100 valence electrons. The summed E-state index contributed by atoms with van der Waals surface area (Å²) in [7, 11) is 1.32. The van der Waals surface area contributed by atoms with E-state index >= 15 is 0 Å². The van der Waals surface area contributed by atoms with E-state index in [1.165, 1.54) is 25.3 Å². The molecule has 0 radical (unpaired) electrons. The Balaban J connectivity index is 3.12. The molecule has 0 aliphatic heterocycles. The highest BCUT2D eigenvalue weighted by Crippen LogP contribution is 2.33. The molecular formula is C12H14F2O4. The van der Waals surface area contributed by atoms with Gasteiger partial charge in [0.1, 0.15) is 0 Å². The summed E-state index contributed by atoms with van der Waals surface area (Å²) in [6.07, 6.45) is 0.357. The highest BCUT2D eigenvalue weighted by molar-refractivity contribution is 5.76. The molecule has 1 rings (SSSR count). The van der Waals surface area contributed by atoms with E-state index in [0.717, 1.165) is 0 Å². The van der Waals surface area contributed by atoms with E-state index in [0.29, 0.717) is 12.0 Å². The molecule has 0 saturated carbocycles. The van der Waals surface area contributed by atoms with Crippen molar-refractivity contribution in [3.8, 4) is 11.5 Å². The predicted octanol–water partition coefficient (Wildman–Crippen LogP) is 2.87. The normalized spacial score (nSPS) is 12.3. The lowest BCUT2D eigenvalue weighted by Gasteiger charge is -2.14. The molecule has 1 atom stereocenters. The van der Waals surface area contributed by atoms with E-state index in [4.69, 9.17) is 9.84 Å². The average Bonchev–Trinajstić information content (AvgIpc) is 2.29. The van der Waals surface area contributed by atoms with E-state index in [1.807, 2.05) is 0 Å². The van der Waals surface area contributed by atoms with Crippen molar-refractivity contribution in [3.05, 3.63) is 23.8 Å². The number of methoxy groups -OCH3 is 1. The minimum absolute atomic E-state index is 0.138. The van der Waals surface area contributed by atoms with Crippen LogP contribution in [0.4, 0.5) is 8.78 Å². The molecule has 0 saturated heterocycles. The van der Waals surface area contributed by atoms with Gasteiger partial charge in [0.25, 0.3) is 0 Å². The number of carboxylic acids is 1. The Labute approximate surface area is 103 Å². The molecule has 0 aliphatic rings. The van der Waals surface area contributed by atoms with Gasteiger partial charge in [-0.3, -0.25) is 4.79 Å². The Hall–Kier alpha value is -1.85. The average molecular weight is 260 g/mol. The summed E-state index contributed by atoms with van der Waals surface area (Å²) in [6.45, 7) is -1.28. The monoisotopic (exact) mass is 260 g/mol. The summed E-state index contributed by atoms with van der Waals surface area (Å²) in [5.74, 6) is -1.79. The van der Waals surface area contributed by atoms with Gasteiger partial charge in [-0.1, -0.05) is 13.0 Å². The first-order valence-electron chi connectivity index (χ1n) is 5.35. The zero-order valence-electron chi connectivity index (χ0n) is 10.0. The summed E-state index contributed by atoms with van der Waals surface area (Å²) in [5, 5.41) is 9.01. The van der Waals surface area contributed by atoms with Crippen molar-refractivity contribution in [2.45, 2.75) is 25.9 Å². The molecule has 0 amide bonds. The molecule has 1 unspecified atom stereocenters. The number of hydrogen-bond donors (Lipinski definition) is 1. The zero-order chi connectivity index (χ0) is 13.7. The fourth-order valence-corrected chi connectivity index (χ4v) is 1.65. The lowest BCUT2D eigenvalue weighted by molar-refractivity contribution is -0.138. The van der Waals surface area contributed by atoms with Crippen LogP contribution < -0.4 is 9.47 Å². The van der Waals surface area contributed by atoms with Crippen LogP contribution in [-0.4, -0.2) is 24.8 Å². The van der Waals surface area contributed by atoms with Crippen molar-refractivity contribution in [2.24, 2.45) is 0 Å². The molecule has 0 bridgehead atoms. The summed E-state index contributed by atoms with van der Waals surface area (Å²) < 4.78 is 33.6. The summed E-state index contributed by atoms with van der Waals surface area (Å²) in [5.41, 5.74) is 0.404. The maximum atomic E-state index is 12.2. The number of carbonyl (C=O) groups is 1. The Kier molecular flexibility index (Phi) is 4.88. The Morgan fingerprint density at radius 3 is 2.50 bits per heavy atom. The molecule has 1 N–H and O–H groups in total. The molecule has 0 heterocycles. The molecule has 0 spiro atoms. The van der Waals surface area contributed by atoms with Crippen molar-refractivity contribution in [3.63, 3.8) is 0 Å². The van der Waals surface area contributed by atoms with E-state index in [9.17, 15) is 13.6 Å². The summed E-state index contributed by atoms with van der Waals surface area (Å²) in [4.78, 5) is 11.0. The number of aliphatic carboxylic acids is 1. The van der Waals surface area contributed by atoms with Gasteiger partial charge in [0.2, 0.25) is 0 Å². The largest absolute Gasteiger partial charge is 0.493 e. The van der Waals surface area contributed by atoms with Crippen LogP contribution >= 0.6 is 0 Å². The van der Waals surface area contributed by atoms with Crippen LogP contribution in [0.2, 0.25) is 0 Å². The number of ether oxygens (including phenoxy) is 2. The van der Waals surface area contributed by atoms with Gasteiger partial charge in [-0.2, -0.15) is 8.78 Å². The molecule has 1 aromatic rings. The molecule has 4 nitrogen and oxygen atoms in total. The molecule has 0 aromatic heterocycles. The predicted molar refractivity (Wildman–Crippen MR) is 60.3 cm³/mol. The van der Waals surface area contributed by atoms with Crippen molar-refractivity contribution in [1.29, 1.82) is 0 Å². The van der Waals surface area contributed by atoms with Gasteiger partial charge in [-0.15, -0.1) is 0 Å². The first-order valence-corrected chi connectivity index (χ1v) is 5.35. The van der Waals surface area contributed by atoms with Gasteiger partial charge in [-0.25, -0.2) is 0 Å². The third kappa shape index (κ3) is 3.32. The van der Waals surface area contributed by atoms with Crippen molar-refractivity contribution >= 4 is 5.97 Å². The molecule has 18 heavy (non-hydrogen) atoms. The van der Waals surface area contributed by atoms with Crippen LogP contribution in [0.15, 0.2) is 18.2 Å². The number of carboxylic acid groups (broad SMARTS) is 1. The maximum absolute atomic E-state index is 12.2. The summed E-state index contributed by atoms with van der Waals surface area (Å²) >= 11 is 0. The van der Waals surface area contributed by atoms with Gasteiger partial charge in [0, 0.05) is 0 Å². The second-order valence-corrected chi connectivity index (χ2v) is 3.59. The van der Waals surface area contributed by atoms with E-state index in [-0.39, 0.29) is 11.5 Å². The van der Waals surface area contributed by atoms with Gasteiger partial charge in [0.15, 0.2) is 11.5 Å². The topological polar surface area (TPSA) is 55.8 Å². The smallest absolute Gasteiger partial charge is 0.387 e. The minimum Gasteiger partial charge on any atom is -0.493 e. The van der Waals surface area contributed by atoms with Crippen LogP contribution in [0, 0.1) is 0 Å². The van der Waals surface area contributed by atoms with Gasteiger partial charge < -0.3 is 14.6 Å². The minimum atomic E-state index is -2.99. The molecule has 1 aromatic carbocycles. The van der Waals surface area contributed by atoms with Crippen LogP contribution in [0.5, 0.6) is 11.5 Å². The van der Waals surface area contributed by atoms with Crippen LogP contribution in [0.1, 0.15) is 24.8 Å². The van der Waals surface area contributed by atoms with Crippen molar-refractivity contribution in [2.75, 3.05) is 7.11 Å². The Morgan fingerprint density at radius 1 is 1.39 bits per heavy atom. The quantitative estimate of drug-likeness (QED) is 0.854.